The fourth-order valence-corrected chi connectivity index (χ4v) is 5.54. The zero-order valence-corrected chi connectivity index (χ0v) is 19.9. The molecule has 0 amide bonds. The second-order valence-corrected chi connectivity index (χ2v) is 10.3. The Morgan fingerprint density at radius 1 is 1.11 bits per heavy atom. The van der Waals surface area contributed by atoms with Crippen molar-refractivity contribution >= 4 is 33.3 Å². The standard InChI is InChI=1S/C24H18ClF4NO5S/c25-16-5-7-20(26)19(12-16)14-4-8-22-21(10-14)30(13-17(35-22)6-9-23(31)32)36(33,34)18-3-1-2-15(11-18)24(27,28)29/h1-5,7-8,10-12,17H,6,9,13H2,(H,31,32)/t17-/m0/s1. The molecule has 1 heterocycles. The highest BCUT2D eigenvalue weighted by Crippen LogP contribution is 2.42. The van der Waals surface area contributed by atoms with Crippen LogP contribution in [0.5, 0.6) is 5.75 Å². The van der Waals surface area contributed by atoms with Crippen LogP contribution in [0.3, 0.4) is 0 Å². The van der Waals surface area contributed by atoms with Gasteiger partial charge in [-0.05, 0) is 60.5 Å². The molecule has 190 valence electrons. The van der Waals surface area contributed by atoms with Gasteiger partial charge in [0.25, 0.3) is 10.0 Å². The molecule has 0 saturated heterocycles. The molecule has 0 unspecified atom stereocenters. The Bertz CT molecular complexity index is 1430. The molecule has 6 nitrogen and oxygen atoms in total. The number of carboxylic acids is 1. The van der Waals surface area contributed by atoms with Crippen molar-refractivity contribution in [1.82, 2.24) is 0 Å². The molecule has 0 fully saturated rings. The number of alkyl halides is 3. The molecule has 0 radical (unpaired) electrons. The number of nitrogens with zero attached hydrogens (tertiary/aromatic N) is 1. The molecule has 3 aromatic carbocycles. The molecule has 1 N–H and O–H groups in total. The van der Waals surface area contributed by atoms with E-state index >= 15 is 0 Å². The number of benzene rings is 3. The smallest absolute Gasteiger partial charge is 0.416 e. The first-order chi connectivity index (χ1) is 16.9. The Kier molecular flexibility index (Phi) is 6.89. The van der Waals surface area contributed by atoms with Gasteiger partial charge in [-0.15, -0.1) is 0 Å². The van der Waals surface area contributed by atoms with E-state index in [1.807, 2.05) is 0 Å². The highest BCUT2D eigenvalue weighted by atomic mass is 35.5. The summed E-state index contributed by atoms with van der Waals surface area (Å²) < 4.78 is 88.1. The van der Waals surface area contributed by atoms with Crippen LogP contribution in [0.1, 0.15) is 18.4 Å². The van der Waals surface area contributed by atoms with E-state index in [9.17, 15) is 30.8 Å². The summed E-state index contributed by atoms with van der Waals surface area (Å²) in [7, 11) is -4.56. The lowest BCUT2D eigenvalue weighted by Gasteiger charge is -2.36. The molecule has 3 aromatic rings. The molecule has 12 heteroatoms. The molecular weight excluding hydrogens is 526 g/mol. The number of hydrogen-bond acceptors (Lipinski definition) is 4. The van der Waals surface area contributed by atoms with Crippen LogP contribution in [0.15, 0.2) is 65.6 Å². The highest BCUT2D eigenvalue weighted by Gasteiger charge is 2.37. The van der Waals surface area contributed by atoms with Crippen LogP contribution < -0.4 is 9.04 Å². The Morgan fingerprint density at radius 2 is 1.86 bits per heavy atom. The lowest BCUT2D eigenvalue weighted by Crippen LogP contribution is -2.43. The van der Waals surface area contributed by atoms with Gasteiger partial charge in [0, 0.05) is 17.0 Å². The first-order valence-electron chi connectivity index (χ1n) is 10.5. The number of ether oxygens (including phenoxy) is 1. The van der Waals surface area contributed by atoms with Gasteiger partial charge < -0.3 is 9.84 Å². The summed E-state index contributed by atoms with van der Waals surface area (Å²) >= 11 is 5.98. The summed E-state index contributed by atoms with van der Waals surface area (Å²) in [6.07, 6.45) is -6.02. The van der Waals surface area contributed by atoms with E-state index in [-0.39, 0.29) is 47.0 Å². The maximum atomic E-state index is 14.5. The minimum absolute atomic E-state index is 0.0316. The minimum atomic E-state index is -4.77. The molecular formula is C24H18ClF4NO5S. The van der Waals surface area contributed by atoms with Crippen LogP contribution in [0.4, 0.5) is 23.2 Å². The first-order valence-corrected chi connectivity index (χ1v) is 12.4. The predicted octanol–water partition coefficient (Wildman–Crippen LogP) is 5.99. The van der Waals surface area contributed by atoms with E-state index < -0.39 is 44.5 Å². The second-order valence-electron chi connectivity index (χ2n) is 8.04. The third kappa shape index (κ3) is 5.26. The summed E-state index contributed by atoms with van der Waals surface area (Å²) in [5.41, 5.74) is -0.842. The fourth-order valence-electron chi connectivity index (χ4n) is 3.82. The molecule has 0 saturated carbocycles. The van der Waals surface area contributed by atoms with Gasteiger partial charge in [0.1, 0.15) is 17.7 Å². The first kappa shape index (κ1) is 25.8. The third-order valence-electron chi connectivity index (χ3n) is 5.56. The SMILES string of the molecule is O=C(O)CC[C@H]1CN(S(=O)(=O)c2cccc(C(F)(F)F)c2)c2cc(-c3cc(Cl)ccc3F)ccc2O1. The van der Waals surface area contributed by atoms with Crippen molar-refractivity contribution < 1.29 is 40.6 Å². The lowest BCUT2D eigenvalue weighted by atomic mass is 10.0. The number of carbonyl (C=O) groups is 1. The third-order valence-corrected chi connectivity index (χ3v) is 7.57. The second kappa shape index (κ2) is 9.62. The molecule has 1 atom stereocenters. The van der Waals surface area contributed by atoms with E-state index in [0.717, 1.165) is 28.6 Å². The number of carboxylic acid groups (broad SMARTS) is 1. The average Bonchev–Trinajstić information content (AvgIpc) is 2.83. The largest absolute Gasteiger partial charge is 0.486 e. The zero-order chi connectivity index (χ0) is 26.3. The summed E-state index contributed by atoms with van der Waals surface area (Å²) in [4.78, 5) is 10.4. The Morgan fingerprint density at radius 3 is 2.56 bits per heavy atom. The van der Waals surface area contributed by atoms with Gasteiger partial charge in [-0.2, -0.15) is 13.2 Å². The summed E-state index contributed by atoms with van der Waals surface area (Å²) in [5.74, 6) is -1.69. The van der Waals surface area contributed by atoms with Crippen LogP contribution in [-0.2, 0) is 21.0 Å². The predicted molar refractivity (Wildman–Crippen MR) is 124 cm³/mol. The number of anilines is 1. The molecule has 4 rings (SSSR count). The van der Waals surface area contributed by atoms with Gasteiger partial charge in [0.2, 0.25) is 0 Å². The average molecular weight is 544 g/mol. The maximum Gasteiger partial charge on any atom is 0.416 e. The number of rotatable bonds is 6. The van der Waals surface area contributed by atoms with E-state index in [2.05, 4.69) is 0 Å². The van der Waals surface area contributed by atoms with Gasteiger partial charge in [-0.3, -0.25) is 9.10 Å². The molecule has 36 heavy (non-hydrogen) atoms. The number of sulfonamides is 1. The molecule has 0 aliphatic carbocycles. The highest BCUT2D eigenvalue weighted by molar-refractivity contribution is 7.92. The zero-order valence-electron chi connectivity index (χ0n) is 18.3. The Labute approximate surface area is 208 Å². The molecule has 1 aliphatic rings. The van der Waals surface area contributed by atoms with Gasteiger partial charge in [-0.1, -0.05) is 23.7 Å². The van der Waals surface area contributed by atoms with Crippen LogP contribution in [-0.4, -0.2) is 32.1 Å². The van der Waals surface area contributed by atoms with Crippen molar-refractivity contribution in [2.75, 3.05) is 10.8 Å². The maximum absolute atomic E-state index is 14.5. The lowest BCUT2D eigenvalue weighted by molar-refractivity contribution is -0.138. The quantitative estimate of drug-likeness (QED) is 0.386. The van der Waals surface area contributed by atoms with Crippen LogP contribution in [0.25, 0.3) is 11.1 Å². The van der Waals surface area contributed by atoms with E-state index in [4.69, 9.17) is 21.4 Å². The van der Waals surface area contributed by atoms with Crippen molar-refractivity contribution in [3.8, 4) is 16.9 Å². The number of halogens is 5. The Hall–Kier alpha value is -3.31. The van der Waals surface area contributed by atoms with Gasteiger partial charge in [0.05, 0.1) is 22.7 Å². The molecule has 1 aliphatic heterocycles. The van der Waals surface area contributed by atoms with Crippen molar-refractivity contribution in [1.29, 1.82) is 0 Å². The van der Waals surface area contributed by atoms with Crippen molar-refractivity contribution in [3.05, 3.63) is 77.1 Å². The fraction of sp³-hybridized carbons (Fsp3) is 0.208. The van der Waals surface area contributed by atoms with E-state index in [1.54, 1.807) is 0 Å². The molecule has 0 spiro atoms. The number of fused-ring (bicyclic) bond motifs is 1. The van der Waals surface area contributed by atoms with Crippen LogP contribution in [0, 0.1) is 5.82 Å². The number of hydrogen-bond donors (Lipinski definition) is 1. The van der Waals surface area contributed by atoms with Crippen LogP contribution in [0.2, 0.25) is 5.02 Å². The summed E-state index contributed by atoms with van der Waals surface area (Å²) in [5, 5.41) is 9.26. The van der Waals surface area contributed by atoms with Crippen molar-refractivity contribution in [3.63, 3.8) is 0 Å². The monoisotopic (exact) mass is 543 g/mol. The van der Waals surface area contributed by atoms with E-state index in [0.29, 0.717) is 6.07 Å². The van der Waals surface area contributed by atoms with Gasteiger partial charge >= 0.3 is 12.1 Å². The molecule has 0 bridgehead atoms. The van der Waals surface area contributed by atoms with Crippen molar-refractivity contribution in [2.24, 2.45) is 0 Å². The Balaban J connectivity index is 1.83. The minimum Gasteiger partial charge on any atom is -0.486 e. The van der Waals surface area contributed by atoms with Crippen LogP contribution >= 0.6 is 11.6 Å². The summed E-state index contributed by atoms with van der Waals surface area (Å²) in [6, 6.07) is 11.3. The summed E-state index contributed by atoms with van der Waals surface area (Å²) in [6.45, 7) is -0.361. The topological polar surface area (TPSA) is 83.9 Å². The van der Waals surface area contributed by atoms with E-state index in [1.165, 1.54) is 30.3 Å². The van der Waals surface area contributed by atoms with Gasteiger partial charge in [0.15, 0.2) is 0 Å². The normalized spacial score (nSPS) is 15.8. The molecule has 0 aromatic heterocycles. The van der Waals surface area contributed by atoms with Gasteiger partial charge in [-0.25, -0.2) is 12.8 Å². The van der Waals surface area contributed by atoms with Crippen molar-refractivity contribution in [2.45, 2.75) is 30.0 Å². The number of aliphatic carboxylic acids is 1.